The van der Waals surface area contributed by atoms with Gasteiger partial charge in [0.15, 0.2) is 11.5 Å². The number of piperidine rings is 1. The molecule has 178 valence electrons. The first kappa shape index (κ1) is 22.3. The number of nitrogens with zero attached hydrogens (tertiary/aromatic N) is 2. The number of rotatable bonds is 7. The van der Waals surface area contributed by atoms with E-state index < -0.39 is 0 Å². The summed E-state index contributed by atoms with van der Waals surface area (Å²) in [6, 6.07) is 13.9. The number of hydrogen-bond donors (Lipinski definition) is 2. The number of aromatic amines is 1. The Hall–Kier alpha value is -3.52. The van der Waals surface area contributed by atoms with E-state index in [2.05, 4.69) is 32.5 Å². The van der Waals surface area contributed by atoms with Crippen LogP contribution >= 0.6 is 0 Å². The van der Waals surface area contributed by atoms with Gasteiger partial charge in [0.05, 0.1) is 30.6 Å². The van der Waals surface area contributed by atoms with Crippen LogP contribution in [-0.4, -0.2) is 61.0 Å². The van der Waals surface area contributed by atoms with Gasteiger partial charge in [0.1, 0.15) is 19.0 Å². The van der Waals surface area contributed by atoms with Gasteiger partial charge in [0, 0.05) is 12.1 Å². The first-order chi connectivity index (χ1) is 16.7. The summed E-state index contributed by atoms with van der Waals surface area (Å²) in [4.78, 5) is 15.7. The predicted molar refractivity (Wildman–Crippen MR) is 129 cm³/mol. The molecule has 1 aromatic heterocycles. The van der Waals surface area contributed by atoms with Gasteiger partial charge in [0.2, 0.25) is 0 Å². The average molecular weight is 463 g/mol. The Morgan fingerprint density at radius 2 is 1.85 bits per heavy atom. The van der Waals surface area contributed by atoms with Crippen molar-refractivity contribution in [3.05, 3.63) is 59.8 Å². The van der Waals surface area contributed by atoms with E-state index in [-0.39, 0.29) is 11.9 Å². The summed E-state index contributed by atoms with van der Waals surface area (Å²) in [6.07, 6.45) is 5.18. The van der Waals surface area contributed by atoms with E-state index >= 15 is 0 Å². The number of likely N-dealkylation sites (tertiary alicyclic amines) is 1. The number of carbonyl (C=O) groups is 1. The van der Waals surface area contributed by atoms with Crippen LogP contribution in [0.15, 0.2) is 48.7 Å². The Labute approximate surface area is 199 Å². The second-order valence-electron chi connectivity index (χ2n) is 8.61. The van der Waals surface area contributed by atoms with Crippen LogP contribution in [0.4, 0.5) is 0 Å². The van der Waals surface area contributed by atoms with Crippen LogP contribution in [0.5, 0.6) is 17.2 Å². The maximum absolute atomic E-state index is 13.2. The predicted octanol–water partition coefficient (Wildman–Crippen LogP) is 3.81. The number of H-pyrrole nitrogens is 1. The molecule has 0 aliphatic carbocycles. The fourth-order valence-corrected chi connectivity index (χ4v) is 4.68. The van der Waals surface area contributed by atoms with Gasteiger partial charge in [-0.3, -0.25) is 14.8 Å². The number of amides is 1. The topological polar surface area (TPSA) is 88.7 Å². The van der Waals surface area contributed by atoms with E-state index in [0.29, 0.717) is 42.5 Å². The lowest BCUT2D eigenvalue weighted by Gasteiger charge is -2.35. The Balaban J connectivity index is 1.33. The van der Waals surface area contributed by atoms with Crippen molar-refractivity contribution in [3.63, 3.8) is 0 Å². The van der Waals surface area contributed by atoms with Crippen LogP contribution in [0.3, 0.4) is 0 Å². The lowest BCUT2D eigenvalue weighted by atomic mass is 10.0. The molecule has 2 aromatic carbocycles. The molecule has 0 spiro atoms. The number of ether oxygens (including phenoxy) is 3. The number of carbonyl (C=O) groups excluding carboxylic acids is 1. The molecular weight excluding hydrogens is 432 g/mol. The molecule has 1 unspecified atom stereocenters. The minimum absolute atomic E-state index is 0.0970. The number of aromatic nitrogens is 2. The quantitative estimate of drug-likeness (QED) is 0.555. The SMILES string of the molecule is COc1ccc(C(CNC(=O)c2cn[nH]c2-c2ccc3c(c2)OCCO3)N2CCCCC2)cc1. The van der Waals surface area contributed by atoms with Gasteiger partial charge in [-0.15, -0.1) is 0 Å². The molecule has 8 nitrogen and oxygen atoms in total. The summed E-state index contributed by atoms with van der Waals surface area (Å²) in [5.74, 6) is 2.06. The maximum atomic E-state index is 13.2. The second-order valence-corrected chi connectivity index (χ2v) is 8.61. The van der Waals surface area contributed by atoms with Crippen LogP contribution in [0.1, 0.15) is 41.2 Å². The molecule has 3 heterocycles. The molecule has 34 heavy (non-hydrogen) atoms. The molecule has 2 aliphatic rings. The highest BCUT2D eigenvalue weighted by atomic mass is 16.6. The molecule has 1 amide bonds. The van der Waals surface area contributed by atoms with Crippen molar-refractivity contribution in [3.8, 4) is 28.5 Å². The summed E-state index contributed by atoms with van der Waals surface area (Å²) in [6.45, 7) is 3.62. The van der Waals surface area contributed by atoms with Crippen LogP contribution < -0.4 is 19.5 Å². The smallest absolute Gasteiger partial charge is 0.255 e. The van der Waals surface area contributed by atoms with Gasteiger partial charge in [0.25, 0.3) is 5.91 Å². The summed E-state index contributed by atoms with van der Waals surface area (Å²) in [5, 5.41) is 10.3. The van der Waals surface area contributed by atoms with E-state index in [0.717, 1.165) is 24.4 Å². The molecule has 8 heteroatoms. The Bertz CT molecular complexity index is 1120. The van der Waals surface area contributed by atoms with E-state index in [1.54, 1.807) is 13.3 Å². The van der Waals surface area contributed by atoms with Crippen molar-refractivity contribution >= 4 is 5.91 Å². The van der Waals surface area contributed by atoms with Crippen molar-refractivity contribution in [2.45, 2.75) is 25.3 Å². The fourth-order valence-electron chi connectivity index (χ4n) is 4.68. The molecule has 0 saturated carbocycles. The number of hydrogen-bond acceptors (Lipinski definition) is 6. The lowest BCUT2D eigenvalue weighted by molar-refractivity contribution is 0.0925. The Kier molecular flexibility index (Phi) is 6.67. The number of benzene rings is 2. The largest absolute Gasteiger partial charge is 0.497 e. The monoisotopic (exact) mass is 462 g/mol. The molecule has 5 rings (SSSR count). The maximum Gasteiger partial charge on any atom is 0.255 e. The molecule has 0 radical (unpaired) electrons. The van der Waals surface area contributed by atoms with Gasteiger partial charge in [-0.05, 0) is 61.8 Å². The number of fused-ring (bicyclic) bond motifs is 1. The van der Waals surface area contributed by atoms with E-state index in [4.69, 9.17) is 14.2 Å². The zero-order valence-corrected chi connectivity index (χ0v) is 19.4. The number of nitrogens with one attached hydrogen (secondary N) is 2. The third-order valence-corrected chi connectivity index (χ3v) is 6.50. The van der Waals surface area contributed by atoms with Gasteiger partial charge in [-0.25, -0.2) is 0 Å². The molecule has 2 aliphatic heterocycles. The lowest BCUT2D eigenvalue weighted by Crippen LogP contribution is -2.40. The highest BCUT2D eigenvalue weighted by Crippen LogP contribution is 2.35. The van der Waals surface area contributed by atoms with E-state index in [9.17, 15) is 4.79 Å². The molecule has 1 atom stereocenters. The van der Waals surface area contributed by atoms with Crippen molar-refractivity contribution in [2.75, 3.05) is 40.0 Å². The molecule has 2 N–H and O–H groups in total. The molecule has 3 aromatic rings. The zero-order chi connectivity index (χ0) is 23.3. The van der Waals surface area contributed by atoms with Gasteiger partial charge >= 0.3 is 0 Å². The summed E-state index contributed by atoms with van der Waals surface area (Å²) >= 11 is 0. The zero-order valence-electron chi connectivity index (χ0n) is 19.4. The van der Waals surface area contributed by atoms with E-state index in [1.165, 1.54) is 24.8 Å². The van der Waals surface area contributed by atoms with Crippen LogP contribution in [-0.2, 0) is 0 Å². The van der Waals surface area contributed by atoms with Crippen molar-refractivity contribution in [2.24, 2.45) is 0 Å². The standard InChI is InChI=1S/C26H30N4O4/c1-32-20-8-5-18(6-9-20)22(30-11-3-2-4-12-30)17-27-26(31)21-16-28-29-25(21)19-7-10-23-24(15-19)34-14-13-33-23/h5-10,15-16,22H,2-4,11-14,17H2,1H3,(H,27,31)(H,28,29). The fraction of sp³-hybridized carbons (Fsp3) is 0.385. The van der Waals surface area contributed by atoms with Gasteiger partial charge < -0.3 is 19.5 Å². The highest BCUT2D eigenvalue weighted by Gasteiger charge is 2.24. The van der Waals surface area contributed by atoms with Crippen LogP contribution in [0.25, 0.3) is 11.3 Å². The average Bonchev–Trinajstić information content (AvgIpc) is 3.40. The summed E-state index contributed by atoms with van der Waals surface area (Å²) in [5.41, 5.74) is 3.16. The minimum Gasteiger partial charge on any atom is -0.497 e. The van der Waals surface area contributed by atoms with Gasteiger partial charge in [-0.1, -0.05) is 18.6 Å². The van der Waals surface area contributed by atoms with Crippen LogP contribution in [0, 0.1) is 0 Å². The summed E-state index contributed by atoms with van der Waals surface area (Å²) < 4.78 is 16.6. The van der Waals surface area contributed by atoms with Crippen molar-refractivity contribution in [1.29, 1.82) is 0 Å². The molecule has 1 saturated heterocycles. The van der Waals surface area contributed by atoms with Crippen LogP contribution in [0.2, 0.25) is 0 Å². The third-order valence-electron chi connectivity index (χ3n) is 6.50. The molecular formula is C26H30N4O4. The number of methoxy groups -OCH3 is 1. The van der Waals surface area contributed by atoms with Crippen molar-refractivity contribution < 1.29 is 19.0 Å². The summed E-state index contributed by atoms with van der Waals surface area (Å²) in [7, 11) is 1.67. The highest BCUT2D eigenvalue weighted by molar-refractivity contribution is 5.99. The molecule has 0 bridgehead atoms. The first-order valence-corrected chi connectivity index (χ1v) is 11.8. The first-order valence-electron chi connectivity index (χ1n) is 11.8. The second kappa shape index (κ2) is 10.2. The van der Waals surface area contributed by atoms with E-state index in [1.807, 2.05) is 30.3 Å². The van der Waals surface area contributed by atoms with Gasteiger partial charge in [-0.2, -0.15) is 5.10 Å². The minimum atomic E-state index is -0.158. The Morgan fingerprint density at radius 1 is 1.09 bits per heavy atom. The third kappa shape index (κ3) is 4.72. The Morgan fingerprint density at radius 3 is 2.62 bits per heavy atom. The normalized spacial score (nSPS) is 16.6. The van der Waals surface area contributed by atoms with Crippen molar-refractivity contribution in [1.82, 2.24) is 20.4 Å². The molecule has 1 fully saturated rings.